The first kappa shape index (κ1) is 22.1. The lowest BCUT2D eigenvalue weighted by atomic mass is 10.0. The smallest absolute Gasteiger partial charge is 0.255 e. The zero-order valence-corrected chi connectivity index (χ0v) is 18.4. The van der Waals surface area contributed by atoms with Gasteiger partial charge in [0.1, 0.15) is 0 Å². The van der Waals surface area contributed by atoms with Crippen LogP contribution in [0.1, 0.15) is 43.0 Å². The molecule has 8 heteroatoms. The molecule has 0 saturated carbocycles. The van der Waals surface area contributed by atoms with Crippen molar-refractivity contribution >= 4 is 21.6 Å². The minimum absolute atomic E-state index is 0.0492. The second-order valence-corrected chi connectivity index (χ2v) is 9.11. The largest absolute Gasteiger partial charge is 0.493 e. The van der Waals surface area contributed by atoms with Crippen molar-refractivity contribution < 1.29 is 22.7 Å². The van der Waals surface area contributed by atoms with Crippen molar-refractivity contribution in [1.29, 1.82) is 0 Å². The van der Waals surface area contributed by atoms with Gasteiger partial charge >= 0.3 is 0 Å². The zero-order valence-electron chi connectivity index (χ0n) is 17.6. The molecule has 1 amide bonds. The van der Waals surface area contributed by atoms with Gasteiger partial charge in [0.15, 0.2) is 11.5 Å². The molecule has 1 saturated heterocycles. The Morgan fingerprint density at radius 1 is 1.07 bits per heavy atom. The molecule has 2 aromatic carbocycles. The van der Waals surface area contributed by atoms with Gasteiger partial charge in [0.25, 0.3) is 5.91 Å². The minimum Gasteiger partial charge on any atom is -0.493 e. The lowest BCUT2D eigenvalue weighted by Crippen LogP contribution is -2.43. The summed E-state index contributed by atoms with van der Waals surface area (Å²) >= 11 is 0. The Morgan fingerprint density at radius 2 is 1.77 bits per heavy atom. The molecule has 0 aromatic heterocycles. The Balaban J connectivity index is 1.75. The van der Waals surface area contributed by atoms with Crippen LogP contribution in [0.4, 0.5) is 5.69 Å². The van der Waals surface area contributed by atoms with Gasteiger partial charge in [-0.25, -0.2) is 8.42 Å². The molecule has 30 heavy (non-hydrogen) atoms. The summed E-state index contributed by atoms with van der Waals surface area (Å²) in [6, 6.07) is 11.2. The number of piperidine rings is 1. The Bertz CT molecular complexity index is 989. The minimum atomic E-state index is -3.55. The van der Waals surface area contributed by atoms with Crippen LogP contribution in [-0.4, -0.2) is 45.4 Å². The summed E-state index contributed by atoms with van der Waals surface area (Å²) in [4.78, 5) is 12.8. The number of carbonyl (C=O) groups excluding carboxylic acids is 1. The number of benzene rings is 2. The third-order valence-electron chi connectivity index (χ3n) is 5.41. The molecular weight excluding hydrogens is 404 g/mol. The predicted molar refractivity (Wildman–Crippen MR) is 116 cm³/mol. The summed E-state index contributed by atoms with van der Waals surface area (Å²) in [5.74, 6) is 0.666. The molecule has 3 rings (SSSR count). The van der Waals surface area contributed by atoms with E-state index in [1.165, 1.54) is 14.2 Å². The third-order valence-corrected chi connectivity index (χ3v) is 7.37. The normalized spacial score (nSPS) is 17.4. The van der Waals surface area contributed by atoms with Crippen molar-refractivity contribution in [3.63, 3.8) is 0 Å². The van der Waals surface area contributed by atoms with E-state index < -0.39 is 10.0 Å². The Kier molecular flexibility index (Phi) is 6.99. The van der Waals surface area contributed by atoms with Crippen molar-refractivity contribution in [2.45, 2.75) is 43.5 Å². The SMILES string of the molecule is CCC1CCCCN1S(=O)(=O)c1ccc(NC(=O)c2ccc(OC)c(OC)c2)cc1. The molecule has 1 N–H and O–H groups in total. The zero-order chi connectivity index (χ0) is 21.7. The number of anilines is 1. The van der Waals surface area contributed by atoms with Crippen LogP contribution in [0, 0.1) is 0 Å². The lowest BCUT2D eigenvalue weighted by molar-refractivity contribution is 0.102. The van der Waals surface area contributed by atoms with Gasteiger partial charge in [0.2, 0.25) is 10.0 Å². The van der Waals surface area contributed by atoms with E-state index in [9.17, 15) is 13.2 Å². The fourth-order valence-corrected chi connectivity index (χ4v) is 5.49. The number of hydrogen-bond donors (Lipinski definition) is 1. The Morgan fingerprint density at radius 3 is 2.40 bits per heavy atom. The van der Waals surface area contributed by atoms with Crippen LogP contribution in [-0.2, 0) is 10.0 Å². The average molecular weight is 433 g/mol. The van der Waals surface area contributed by atoms with E-state index in [4.69, 9.17) is 9.47 Å². The van der Waals surface area contributed by atoms with Gasteiger partial charge in [0, 0.05) is 23.8 Å². The topological polar surface area (TPSA) is 84.9 Å². The van der Waals surface area contributed by atoms with Gasteiger partial charge in [-0.1, -0.05) is 13.3 Å². The van der Waals surface area contributed by atoms with Crippen molar-refractivity contribution in [2.24, 2.45) is 0 Å². The Hall–Kier alpha value is -2.58. The number of sulfonamides is 1. The molecule has 162 valence electrons. The van der Waals surface area contributed by atoms with Crippen LogP contribution in [0.15, 0.2) is 47.4 Å². The Labute approximate surface area is 178 Å². The van der Waals surface area contributed by atoms with E-state index in [-0.39, 0.29) is 16.8 Å². The van der Waals surface area contributed by atoms with Gasteiger partial charge in [0.05, 0.1) is 19.1 Å². The average Bonchev–Trinajstić information content (AvgIpc) is 2.78. The van der Waals surface area contributed by atoms with Crippen LogP contribution in [0.25, 0.3) is 0 Å². The number of nitrogens with zero attached hydrogens (tertiary/aromatic N) is 1. The van der Waals surface area contributed by atoms with E-state index in [1.807, 2.05) is 6.92 Å². The maximum absolute atomic E-state index is 13.1. The molecule has 1 unspecified atom stereocenters. The first-order chi connectivity index (χ1) is 14.4. The summed E-state index contributed by atoms with van der Waals surface area (Å²) in [6.07, 6.45) is 3.65. The number of ether oxygens (including phenoxy) is 2. The highest BCUT2D eigenvalue weighted by molar-refractivity contribution is 7.89. The monoisotopic (exact) mass is 432 g/mol. The van der Waals surface area contributed by atoms with E-state index in [0.717, 1.165) is 25.7 Å². The molecule has 7 nitrogen and oxygen atoms in total. The molecule has 0 aliphatic carbocycles. The maximum atomic E-state index is 13.1. The van der Waals surface area contributed by atoms with Gasteiger partial charge in [-0.3, -0.25) is 4.79 Å². The van der Waals surface area contributed by atoms with E-state index in [2.05, 4.69) is 5.32 Å². The summed E-state index contributed by atoms with van der Waals surface area (Å²) in [5.41, 5.74) is 0.919. The van der Waals surface area contributed by atoms with Crippen molar-refractivity contribution in [3.05, 3.63) is 48.0 Å². The number of methoxy groups -OCH3 is 2. The molecule has 1 atom stereocenters. The second-order valence-electron chi connectivity index (χ2n) is 7.22. The fraction of sp³-hybridized carbons (Fsp3) is 0.409. The van der Waals surface area contributed by atoms with Crippen LogP contribution < -0.4 is 14.8 Å². The summed E-state index contributed by atoms with van der Waals surface area (Å²) in [6.45, 7) is 2.57. The molecule has 1 fully saturated rings. The van der Waals surface area contributed by atoms with Crippen molar-refractivity contribution in [3.8, 4) is 11.5 Å². The van der Waals surface area contributed by atoms with Crippen molar-refractivity contribution in [1.82, 2.24) is 4.31 Å². The summed E-state index contributed by atoms with van der Waals surface area (Å²) in [7, 11) is -0.516. The fourth-order valence-electron chi connectivity index (χ4n) is 3.72. The first-order valence-corrected chi connectivity index (χ1v) is 11.5. The molecule has 0 bridgehead atoms. The lowest BCUT2D eigenvalue weighted by Gasteiger charge is -2.34. The van der Waals surface area contributed by atoms with Gasteiger partial charge in [-0.2, -0.15) is 4.31 Å². The van der Waals surface area contributed by atoms with E-state index >= 15 is 0 Å². The van der Waals surface area contributed by atoms with E-state index in [0.29, 0.717) is 29.3 Å². The highest BCUT2D eigenvalue weighted by Gasteiger charge is 2.32. The molecule has 1 aliphatic rings. The maximum Gasteiger partial charge on any atom is 0.255 e. The van der Waals surface area contributed by atoms with Gasteiger partial charge in [-0.05, 0) is 61.7 Å². The molecule has 1 heterocycles. The molecule has 2 aromatic rings. The molecule has 0 radical (unpaired) electrons. The van der Waals surface area contributed by atoms with Crippen molar-refractivity contribution in [2.75, 3.05) is 26.1 Å². The number of carbonyl (C=O) groups is 1. The van der Waals surface area contributed by atoms with Crippen LogP contribution >= 0.6 is 0 Å². The number of amides is 1. The molecule has 0 spiro atoms. The van der Waals surface area contributed by atoms with Crippen LogP contribution in [0.3, 0.4) is 0 Å². The number of hydrogen-bond acceptors (Lipinski definition) is 5. The molecule has 1 aliphatic heterocycles. The van der Waals surface area contributed by atoms with Gasteiger partial charge < -0.3 is 14.8 Å². The standard InChI is InChI=1S/C22H28N2O5S/c1-4-18-7-5-6-14-24(18)30(26,27)19-11-9-17(10-12-19)23-22(25)16-8-13-20(28-2)21(15-16)29-3/h8-13,15,18H,4-7,14H2,1-3H3,(H,23,25). The highest BCUT2D eigenvalue weighted by Crippen LogP contribution is 2.29. The highest BCUT2D eigenvalue weighted by atomic mass is 32.2. The summed E-state index contributed by atoms with van der Waals surface area (Å²) < 4.78 is 38.1. The summed E-state index contributed by atoms with van der Waals surface area (Å²) in [5, 5.41) is 2.78. The molecular formula is C22H28N2O5S. The third kappa shape index (κ3) is 4.60. The van der Waals surface area contributed by atoms with E-state index in [1.54, 1.807) is 46.8 Å². The number of rotatable bonds is 7. The predicted octanol–water partition coefficient (Wildman–Crippen LogP) is 3.91. The van der Waals surface area contributed by atoms with Gasteiger partial charge in [-0.15, -0.1) is 0 Å². The van der Waals surface area contributed by atoms with Crippen LogP contribution in [0.5, 0.6) is 11.5 Å². The number of nitrogens with one attached hydrogen (secondary N) is 1. The van der Waals surface area contributed by atoms with Crippen LogP contribution in [0.2, 0.25) is 0 Å². The quantitative estimate of drug-likeness (QED) is 0.717. The second kappa shape index (κ2) is 9.49. The first-order valence-electron chi connectivity index (χ1n) is 10.1.